The minimum Gasteiger partial charge on any atom is -0.380 e. The van der Waals surface area contributed by atoms with Crippen LogP contribution in [-0.2, 0) is 4.74 Å². The summed E-state index contributed by atoms with van der Waals surface area (Å²) in [6.07, 6.45) is 5.61. The average Bonchev–Trinajstić information content (AvgIpc) is 2.68. The number of methoxy groups -OCH3 is 1. The first-order valence-corrected chi connectivity index (χ1v) is 7.65. The molecule has 3 atom stereocenters. The third kappa shape index (κ3) is 2.74. The van der Waals surface area contributed by atoms with E-state index < -0.39 is 0 Å². The molecule has 1 aliphatic carbocycles. The molecule has 1 N–H and O–H groups in total. The van der Waals surface area contributed by atoms with Gasteiger partial charge in [0.05, 0.1) is 6.10 Å². The van der Waals surface area contributed by atoms with E-state index in [0.29, 0.717) is 23.6 Å². The van der Waals surface area contributed by atoms with Crippen LogP contribution in [0.15, 0.2) is 0 Å². The fourth-order valence-electron chi connectivity index (χ4n) is 2.87. The molecule has 2 fully saturated rings. The van der Waals surface area contributed by atoms with E-state index in [0.717, 1.165) is 0 Å². The lowest BCUT2D eigenvalue weighted by molar-refractivity contribution is 0.0735. The van der Waals surface area contributed by atoms with Gasteiger partial charge in [0, 0.05) is 24.9 Å². The van der Waals surface area contributed by atoms with Gasteiger partial charge >= 0.3 is 0 Å². The molecule has 1 saturated heterocycles. The second kappa shape index (κ2) is 5.28. The highest BCUT2D eigenvalue weighted by Crippen LogP contribution is 2.35. The first kappa shape index (κ1) is 12.7. The molecule has 0 aromatic rings. The molecule has 94 valence electrons. The molecule has 0 radical (unpaired) electrons. The van der Waals surface area contributed by atoms with E-state index in [1.165, 1.54) is 37.2 Å². The van der Waals surface area contributed by atoms with Gasteiger partial charge in [-0.15, -0.1) is 0 Å². The minimum absolute atomic E-state index is 0.447. The van der Waals surface area contributed by atoms with Crippen LogP contribution in [0.5, 0.6) is 0 Å². The van der Waals surface area contributed by atoms with Crippen molar-refractivity contribution in [3.63, 3.8) is 0 Å². The second-order valence-electron chi connectivity index (χ2n) is 5.84. The standard InChI is InChI=1S/C13H25NOS/c1-13(2)7-8-16-9-12(13)14-10-5-4-6-11(10)15-3/h10-12,14H,4-9H2,1-3H3. The van der Waals surface area contributed by atoms with Crippen LogP contribution in [0.4, 0.5) is 0 Å². The fraction of sp³-hybridized carbons (Fsp3) is 1.00. The smallest absolute Gasteiger partial charge is 0.0724 e. The van der Waals surface area contributed by atoms with Crippen molar-refractivity contribution in [2.24, 2.45) is 5.41 Å². The van der Waals surface area contributed by atoms with Gasteiger partial charge in [-0.05, 0) is 36.9 Å². The lowest BCUT2D eigenvalue weighted by Crippen LogP contribution is -2.52. The van der Waals surface area contributed by atoms with Gasteiger partial charge in [0.2, 0.25) is 0 Å². The molecule has 1 saturated carbocycles. The van der Waals surface area contributed by atoms with Gasteiger partial charge in [-0.3, -0.25) is 0 Å². The molecule has 16 heavy (non-hydrogen) atoms. The molecule has 0 amide bonds. The topological polar surface area (TPSA) is 21.3 Å². The molecule has 2 rings (SSSR count). The molecular weight excluding hydrogens is 218 g/mol. The SMILES string of the molecule is COC1CCCC1NC1CSCCC1(C)C. The van der Waals surface area contributed by atoms with Crippen LogP contribution in [-0.4, -0.2) is 36.8 Å². The summed E-state index contributed by atoms with van der Waals surface area (Å²) in [5, 5.41) is 3.86. The van der Waals surface area contributed by atoms with Gasteiger partial charge in [-0.25, -0.2) is 0 Å². The maximum Gasteiger partial charge on any atom is 0.0724 e. The highest BCUT2D eigenvalue weighted by atomic mass is 32.2. The summed E-state index contributed by atoms with van der Waals surface area (Å²) in [4.78, 5) is 0. The summed E-state index contributed by atoms with van der Waals surface area (Å²) in [6.45, 7) is 4.81. The van der Waals surface area contributed by atoms with E-state index in [4.69, 9.17) is 4.74 Å². The van der Waals surface area contributed by atoms with Gasteiger partial charge in [0.25, 0.3) is 0 Å². The Morgan fingerprint density at radius 3 is 2.81 bits per heavy atom. The number of hydrogen-bond acceptors (Lipinski definition) is 3. The second-order valence-corrected chi connectivity index (χ2v) is 6.99. The average molecular weight is 243 g/mol. The predicted octanol–water partition coefficient (Wildman–Crippen LogP) is 2.68. The number of nitrogens with one attached hydrogen (secondary N) is 1. The van der Waals surface area contributed by atoms with Crippen molar-refractivity contribution in [2.75, 3.05) is 18.6 Å². The number of ether oxygens (including phenoxy) is 1. The number of thioether (sulfide) groups is 1. The number of hydrogen-bond donors (Lipinski definition) is 1. The third-order valence-electron chi connectivity index (χ3n) is 4.29. The zero-order valence-corrected chi connectivity index (χ0v) is 11.6. The molecule has 0 aromatic heterocycles. The van der Waals surface area contributed by atoms with E-state index >= 15 is 0 Å². The van der Waals surface area contributed by atoms with Crippen LogP contribution >= 0.6 is 11.8 Å². The van der Waals surface area contributed by atoms with Crippen molar-refractivity contribution >= 4 is 11.8 Å². The van der Waals surface area contributed by atoms with Crippen LogP contribution in [0.1, 0.15) is 39.5 Å². The van der Waals surface area contributed by atoms with Gasteiger partial charge in [0.15, 0.2) is 0 Å². The van der Waals surface area contributed by atoms with Crippen LogP contribution in [0.25, 0.3) is 0 Å². The van der Waals surface area contributed by atoms with E-state index in [9.17, 15) is 0 Å². The van der Waals surface area contributed by atoms with Crippen molar-refractivity contribution in [3.8, 4) is 0 Å². The maximum atomic E-state index is 5.56. The van der Waals surface area contributed by atoms with Crippen molar-refractivity contribution < 1.29 is 4.74 Å². The Morgan fingerprint density at radius 1 is 1.31 bits per heavy atom. The molecule has 0 spiro atoms. The van der Waals surface area contributed by atoms with Crippen LogP contribution in [0.3, 0.4) is 0 Å². The maximum absolute atomic E-state index is 5.56. The summed E-state index contributed by atoms with van der Waals surface area (Å²) >= 11 is 2.09. The Bertz CT molecular complexity index is 232. The van der Waals surface area contributed by atoms with Crippen LogP contribution in [0.2, 0.25) is 0 Å². The molecule has 2 aliphatic rings. The van der Waals surface area contributed by atoms with E-state index in [1.54, 1.807) is 0 Å². The summed E-state index contributed by atoms with van der Waals surface area (Å²) in [7, 11) is 1.85. The van der Waals surface area contributed by atoms with E-state index in [2.05, 4.69) is 30.9 Å². The lowest BCUT2D eigenvalue weighted by atomic mass is 9.82. The molecular formula is C13H25NOS. The summed E-state index contributed by atoms with van der Waals surface area (Å²) < 4.78 is 5.56. The Balaban J connectivity index is 1.92. The van der Waals surface area contributed by atoms with E-state index in [-0.39, 0.29) is 0 Å². The highest BCUT2D eigenvalue weighted by Gasteiger charge is 2.36. The Kier molecular flexibility index (Phi) is 4.20. The Labute approximate surface area is 104 Å². The van der Waals surface area contributed by atoms with Crippen molar-refractivity contribution in [1.82, 2.24) is 5.32 Å². The summed E-state index contributed by atoms with van der Waals surface area (Å²) in [5.74, 6) is 2.59. The van der Waals surface area contributed by atoms with Crippen LogP contribution in [0, 0.1) is 5.41 Å². The van der Waals surface area contributed by atoms with Crippen molar-refractivity contribution in [1.29, 1.82) is 0 Å². The highest BCUT2D eigenvalue weighted by molar-refractivity contribution is 7.99. The monoisotopic (exact) mass is 243 g/mol. The zero-order chi connectivity index (χ0) is 11.6. The normalized spacial score (nSPS) is 38.8. The predicted molar refractivity (Wildman–Crippen MR) is 71.1 cm³/mol. The molecule has 1 aliphatic heterocycles. The van der Waals surface area contributed by atoms with Gasteiger partial charge in [-0.1, -0.05) is 13.8 Å². The number of rotatable bonds is 3. The molecule has 0 aromatic carbocycles. The molecule has 1 heterocycles. The Hall–Kier alpha value is 0.270. The molecule has 3 unspecified atom stereocenters. The van der Waals surface area contributed by atoms with E-state index in [1.807, 2.05) is 7.11 Å². The molecule has 0 bridgehead atoms. The fourth-order valence-corrected chi connectivity index (χ4v) is 4.49. The summed E-state index contributed by atoms with van der Waals surface area (Å²) in [6, 6.07) is 1.25. The quantitative estimate of drug-likeness (QED) is 0.823. The zero-order valence-electron chi connectivity index (χ0n) is 10.8. The summed E-state index contributed by atoms with van der Waals surface area (Å²) in [5.41, 5.74) is 0.451. The van der Waals surface area contributed by atoms with Crippen LogP contribution < -0.4 is 5.32 Å². The van der Waals surface area contributed by atoms with Crippen molar-refractivity contribution in [3.05, 3.63) is 0 Å². The first-order valence-electron chi connectivity index (χ1n) is 6.50. The largest absolute Gasteiger partial charge is 0.380 e. The lowest BCUT2D eigenvalue weighted by Gasteiger charge is -2.41. The Morgan fingerprint density at radius 2 is 2.12 bits per heavy atom. The molecule has 3 heteroatoms. The minimum atomic E-state index is 0.447. The van der Waals surface area contributed by atoms with Gasteiger partial charge in [-0.2, -0.15) is 11.8 Å². The first-order chi connectivity index (χ1) is 7.63. The van der Waals surface area contributed by atoms with Gasteiger partial charge < -0.3 is 10.1 Å². The van der Waals surface area contributed by atoms with Crippen molar-refractivity contribution in [2.45, 2.75) is 57.7 Å². The van der Waals surface area contributed by atoms with Gasteiger partial charge in [0.1, 0.15) is 0 Å². The third-order valence-corrected chi connectivity index (χ3v) is 5.35. The molecule has 2 nitrogen and oxygen atoms in total.